The van der Waals surface area contributed by atoms with Gasteiger partial charge in [-0.05, 0) is 12.5 Å². The summed E-state index contributed by atoms with van der Waals surface area (Å²) in [5.74, 6) is -0.524. The van der Waals surface area contributed by atoms with Crippen LogP contribution >= 0.6 is 0 Å². The average molecular weight is 253 g/mol. The molecule has 0 aliphatic carbocycles. The lowest BCUT2D eigenvalue weighted by Gasteiger charge is -2.39. The van der Waals surface area contributed by atoms with E-state index in [9.17, 15) is 14.5 Å². The summed E-state index contributed by atoms with van der Waals surface area (Å²) in [6.07, 6.45) is 0.821. The van der Waals surface area contributed by atoms with Gasteiger partial charge in [0.25, 0.3) is 5.69 Å². The predicted molar refractivity (Wildman–Crippen MR) is 67.3 cm³/mol. The first-order valence-electron chi connectivity index (χ1n) is 6.05. The fourth-order valence-corrected chi connectivity index (χ4v) is 2.15. The molecular weight excluding hydrogens is 237 g/mol. The van der Waals surface area contributed by atoms with Gasteiger partial charge < -0.3 is 10.2 Å². The molecule has 1 heterocycles. The number of nitro benzene ring substituents is 1. The largest absolute Gasteiger partial charge is 0.358 e. The Morgan fingerprint density at radius 3 is 2.78 bits per heavy atom. The SMILES string of the molecule is CCCN(c1c(F)cccc1[N+](=O)[O-])C1CNC1. The first-order valence-corrected chi connectivity index (χ1v) is 6.05. The average Bonchev–Trinajstić information content (AvgIpc) is 2.25. The Bertz CT molecular complexity index is 449. The van der Waals surface area contributed by atoms with Crippen molar-refractivity contribution < 1.29 is 9.31 Å². The van der Waals surface area contributed by atoms with Crippen LogP contribution < -0.4 is 10.2 Å². The Kier molecular flexibility index (Phi) is 3.76. The van der Waals surface area contributed by atoms with Gasteiger partial charge in [-0.25, -0.2) is 4.39 Å². The third-order valence-electron chi connectivity index (χ3n) is 3.11. The Morgan fingerprint density at radius 2 is 2.28 bits per heavy atom. The minimum Gasteiger partial charge on any atom is -0.358 e. The fourth-order valence-electron chi connectivity index (χ4n) is 2.15. The molecule has 0 spiro atoms. The van der Waals surface area contributed by atoms with Crippen LogP contribution in [0.2, 0.25) is 0 Å². The molecule has 1 aromatic rings. The van der Waals surface area contributed by atoms with E-state index >= 15 is 0 Å². The molecule has 1 aliphatic rings. The van der Waals surface area contributed by atoms with Crippen LogP contribution in [-0.4, -0.2) is 30.6 Å². The number of hydrogen-bond acceptors (Lipinski definition) is 4. The molecule has 0 aromatic heterocycles. The van der Waals surface area contributed by atoms with Crippen molar-refractivity contribution in [3.05, 3.63) is 34.1 Å². The highest BCUT2D eigenvalue weighted by Gasteiger charge is 2.31. The Labute approximate surface area is 105 Å². The maximum atomic E-state index is 13.9. The standard InChI is InChI=1S/C12H16FN3O2/c1-2-6-15(9-7-14-8-9)12-10(13)4-3-5-11(12)16(17)18/h3-5,9,14H,2,6-8H2,1H3. The summed E-state index contributed by atoms with van der Waals surface area (Å²) in [5, 5.41) is 14.1. The van der Waals surface area contributed by atoms with Crippen molar-refractivity contribution in [2.75, 3.05) is 24.5 Å². The first kappa shape index (κ1) is 12.8. The zero-order valence-corrected chi connectivity index (χ0v) is 10.2. The molecule has 2 rings (SSSR count). The topological polar surface area (TPSA) is 58.4 Å². The molecule has 6 heteroatoms. The molecule has 0 amide bonds. The second-order valence-electron chi connectivity index (χ2n) is 4.37. The lowest BCUT2D eigenvalue weighted by molar-refractivity contribution is -0.384. The normalized spacial score (nSPS) is 15.2. The summed E-state index contributed by atoms with van der Waals surface area (Å²) < 4.78 is 13.9. The van der Waals surface area contributed by atoms with E-state index in [4.69, 9.17) is 0 Å². The van der Waals surface area contributed by atoms with Crippen LogP contribution in [0.5, 0.6) is 0 Å². The number of nitrogens with zero attached hydrogens (tertiary/aromatic N) is 2. The minimum absolute atomic E-state index is 0.121. The highest BCUT2D eigenvalue weighted by atomic mass is 19.1. The smallest absolute Gasteiger partial charge is 0.295 e. The van der Waals surface area contributed by atoms with Crippen molar-refractivity contribution in [1.82, 2.24) is 5.32 Å². The molecule has 0 unspecified atom stereocenters. The van der Waals surface area contributed by atoms with Crippen LogP contribution in [0.4, 0.5) is 15.8 Å². The van der Waals surface area contributed by atoms with Crippen molar-refractivity contribution in [3.63, 3.8) is 0 Å². The van der Waals surface area contributed by atoms with Crippen LogP contribution in [0.1, 0.15) is 13.3 Å². The summed E-state index contributed by atoms with van der Waals surface area (Å²) in [7, 11) is 0. The maximum absolute atomic E-state index is 13.9. The summed E-state index contributed by atoms with van der Waals surface area (Å²) in [4.78, 5) is 12.3. The third kappa shape index (κ3) is 2.28. The maximum Gasteiger partial charge on any atom is 0.295 e. The molecule has 1 aromatic carbocycles. The van der Waals surface area contributed by atoms with Gasteiger partial charge in [0.15, 0.2) is 11.5 Å². The van der Waals surface area contributed by atoms with Gasteiger partial charge in [0.1, 0.15) is 0 Å². The van der Waals surface area contributed by atoms with Crippen molar-refractivity contribution >= 4 is 11.4 Å². The van der Waals surface area contributed by atoms with E-state index in [1.807, 2.05) is 11.8 Å². The van der Waals surface area contributed by atoms with E-state index in [1.165, 1.54) is 18.2 Å². The Morgan fingerprint density at radius 1 is 1.56 bits per heavy atom. The van der Waals surface area contributed by atoms with E-state index in [-0.39, 0.29) is 17.4 Å². The van der Waals surface area contributed by atoms with E-state index in [1.54, 1.807) is 0 Å². The van der Waals surface area contributed by atoms with Crippen molar-refractivity contribution in [2.24, 2.45) is 0 Å². The van der Waals surface area contributed by atoms with Crippen LogP contribution in [0, 0.1) is 15.9 Å². The molecule has 18 heavy (non-hydrogen) atoms. The number of hydrogen-bond donors (Lipinski definition) is 1. The molecule has 0 saturated carbocycles. The lowest BCUT2D eigenvalue weighted by atomic mass is 10.1. The number of nitrogens with one attached hydrogen (secondary N) is 1. The molecular formula is C12H16FN3O2. The molecule has 0 radical (unpaired) electrons. The highest BCUT2D eigenvalue weighted by Crippen LogP contribution is 2.33. The summed E-state index contributed by atoms with van der Waals surface area (Å²) in [5.41, 5.74) is -0.0359. The summed E-state index contributed by atoms with van der Waals surface area (Å²) >= 11 is 0. The molecule has 98 valence electrons. The molecule has 1 aliphatic heterocycles. The van der Waals surface area contributed by atoms with Crippen molar-refractivity contribution in [2.45, 2.75) is 19.4 Å². The quantitative estimate of drug-likeness (QED) is 0.643. The molecule has 1 N–H and O–H groups in total. The zero-order chi connectivity index (χ0) is 13.1. The number of benzene rings is 1. The van der Waals surface area contributed by atoms with Crippen molar-refractivity contribution in [3.8, 4) is 0 Å². The second-order valence-corrected chi connectivity index (χ2v) is 4.37. The van der Waals surface area contributed by atoms with Crippen LogP contribution in [0.25, 0.3) is 0 Å². The second kappa shape index (κ2) is 5.30. The molecule has 1 fully saturated rings. The monoisotopic (exact) mass is 253 g/mol. The van der Waals surface area contributed by atoms with Crippen LogP contribution in [0.15, 0.2) is 18.2 Å². The van der Waals surface area contributed by atoms with Gasteiger partial charge in [-0.2, -0.15) is 0 Å². The van der Waals surface area contributed by atoms with Crippen LogP contribution in [-0.2, 0) is 0 Å². The first-order chi connectivity index (χ1) is 8.65. The molecule has 5 nitrogen and oxygen atoms in total. The third-order valence-corrected chi connectivity index (χ3v) is 3.11. The summed E-state index contributed by atoms with van der Waals surface area (Å²) in [6, 6.07) is 4.14. The van der Waals surface area contributed by atoms with E-state index in [0.717, 1.165) is 19.5 Å². The van der Waals surface area contributed by atoms with Gasteiger partial charge in [-0.15, -0.1) is 0 Å². The van der Waals surface area contributed by atoms with Crippen LogP contribution in [0.3, 0.4) is 0 Å². The van der Waals surface area contributed by atoms with Gasteiger partial charge in [0, 0.05) is 25.7 Å². The van der Waals surface area contributed by atoms with Crippen molar-refractivity contribution in [1.29, 1.82) is 0 Å². The number of rotatable bonds is 5. The fraction of sp³-hybridized carbons (Fsp3) is 0.500. The highest BCUT2D eigenvalue weighted by molar-refractivity contribution is 5.65. The number of anilines is 1. The van der Waals surface area contributed by atoms with Gasteiger partial charge in [0.05, 0.1) is 11.0 Å². The molecule has 0 atom stereocenters. The lowest BCUT2D eigenvalue weighted by Crippen LogP contribution is -2.58. The minimum atomic E-state index is -0.524. The molecule has 0 bridgehead atoms. The van der Waals surface area contributed by atoms with E-state index in [2.05, 4.69) is 5.32 Å². The number of halogens is 1. The van der Waals surface area contributed by atoms with E-state index < -0.39 is 10.7 Å². The van der Waals surface area contributed by atoms with Gasteiger partial charge >= 0.3 is 0 Å². The van der Waals surface area contributed by atoms with Gasteiger partial charge in [-0.1, -0.05) is 13.0 Å². The Balaban J connectivity index is 2.41. The summed E-state index contributed by atoms with van der Waals surface area (Å²) in [6.45, 7) is 4.08. The van der Waals surface area contributed by atoms with E-state index in [0.29, 0.717) is 6.54 Å². The molecule has 1 saturated heterocycles. The van der Waals surface area contributed by atoms with Gasteiger partial charge in [0.2, 0.25) is 0 Å². The number of nitro groups is 1. The zero-order valence-electron chi connectivity index (χ0n) is 10.2. The Hall–Kier alpha value is -1.69. The number of para-hydroxylation sites is 1. The van der Waals surface area contributed by atoms with Gasteiger partial charge in [-0.3, -0.25) is 10.1 Å². The predicted octanol–water partition coefficient (Wildman–Crippen LogP) is 1.92.